The zero-order valence-electron chi connectivity index (χ0n) is 12.6. The highest BCUT2D eigenvalue weighted by Gasteiger charge is 2.39. The van der Waals surface area contributed by atoms with Crippen LogP contribution in [-0.4, -0.2) is 0 Å². The van der Waals surface area contributed by atoms with Gasteiger partial charge in [-0.3, -0.25) is 0 Å². The van der Waals surface area contributed by atoms with E-state index in [0.717, 1.165) is 12.3 Å². The zero-order valence-corrected chi connectivity index (χ0v) is 12.6. The molecule has 0 saturated heterocycles. The van der Waals surface area contributed by atoms with Crippen molar-refractivity contribution < 1.29 is 0 Å². The molecule has 1 aliphatic rings. The number of hydrogen-bond donors (Lipinski definition) is 0. The first-order valence-electron chi connectivity index (χ1n) is 7.01. The predicted molar refractivity (Wildman–Crippen MR) is 73.5 cm³/mol. The average Bonchev–Trinajstić information content (AvgIpc) is 2.95. The van der Waals surface area contributed by atoms with Gasteiger partial charge >= 0.3 is 0 Å². The van der Waals surface area contributed by atoms with E-state index >= 15 is 0 Å². The first-order valence-corrected chi connectivity index (χ1v) is 7.01. The van der Waals surface area contributed by atoms with Gasteiger partial charge in [-0.2, -0.15) is 5.26 Å². The molecule has 0 aromatic rings. The van der Waals surface area contributed by atoms with Gasteiger partial charge in [0.05, 0.1) is 11.5 Å². The Balaban J connectivity index is 2.55. The molecule has 17 heavy (non-hydrogen) atoms. The SMILES string of the molecule is CC(C)(CCC(C)(C#N)C(C)(C)C)CC1CC1. The third-order valence-electron chi connectivity index (χ3n) is 4.74. The van der Waals surface area contributed by atoms with Crippen molar-refractivity contribution in [2.24, 2.45) is 22.2 Å². The molecule has 0 amide bonds. The van der Waals surface area contributed by atoms with Crippen LogP contribution in [0, 0.1) is 33.5 Å². The van der Waals surface area contributed by atoms with Crippen LogP contribution in [0.3, 0.4) is 0 Å². The van der Waals surface area contributed by atoms with Gasteiger partial charge in [0, 0.05) is 0 Å². The minimum atomic E-state index is -0.201. The summed E-state index contributed by atoms with van der Waals surface area (Å²) in [4.78, 5) is 0. The molecule has 0 spiro atoms. The van der Waals surface area contributed by atoms with Crippen molar-refractivity contribution in [3.05, 3.63) is 0 Å². The van der Waals surface area contributed by atoms with Crippen LogP contribution < -0.4 is 0 Å². The molecule has 0 aliphatic heterocycles. The smallest absolute Gasteiger partial charge is 0.0692 e. The Labute approximate surface area is 108 Å². The highest BCUT2D eigenvalue weighted by atomic mass is 14.5. The van der Waals surface area contributed by atoms with Crippen LogP contribution in [0.25, 0.3) is 0 Å². The van der Waals surface area contributed by atoms with E-state index < -0.39 is 0 Å². The molecular weight excluding hydrogens is 206 g/mol. The quantitative estimate of drug-likeness (QED) is 0.645. The monoisotopic (exact) mass is 235 g/mol. The van der Waals surface area contributed by atoms with E-state index in [4.69, 9.17) is 0 Å². The average molecular weight is 235 g/mol. The van der Waals surface area contributed by atoms with Crippen molar-refractivity contribution in [3.8, 4) is 6.07 Å². The van der Waals surface area contributed by atoms with Crippen LogP contribution in [0.15, 0.2) is 0 Å². The van der Waals surface area contributed by atoms with Crippen LogP contribution in [0.5, 0.6) is 0 Å². The molecule has 1 rings (SSSR count). The highest BCUT2D eigenvalue weighted by Crippen LogP contribution is 2.47. The summed E-state index contributed by atoms with van der Waals surface area (Å²) in [6, 6.07) is 2.56. The molecule has 1 aliphatic carbocycles. The van der Waals surface area contributed by atoms with Crippen LogP contribution in [0.2, 0.25) is 0 Å². The molecule has 0 aromatic heterocycles. The summed E-state index contributed by atoms with van der Waals surface area (Å²) < 4.78 is 0. The Hall–Kier alpha value is -0.510. The summed E-state index contributed by atoms with van der Waals surface area (Å²) in [6.07, 6.45) is 6.40. The lowest BCUT2D eigenvalue weighted by atomic mass is 9.64. The molecule has 1 heteroatoms. The van der Waals surface area contributed by atoms with Crippen molar-refractivity contribution in [3.63, 3.8) is 0 Å². The first kappa shape index (κ1) is 14.6. The molecule has 0 bridgehead atoms. The minimum absolute atomic E-state index is 0.0669. The fraction of sp³-hybridized carbons (Fsp3) is 0.938. The fourth-order valence-corrected chi connectivity index (χ4v) is 2.39. The van der Waals surface area contributed by atoms with Gasteiger partial charge in [0.25, 0.3) is 0 Å². The third-order valence-corrected chi connectivity index (χ3v) is 4.74. The zero-order chi connectivity index (χ0) is 13.3. The maximum atomic E-state index is 9.46. The molecule has 1 nitrogen and oxygen atoms in total. The largest absolute Gasteiger partial charge is 0.198 e. The van der Waals surface area contributed by atoms with Crippen LogP contribution in [0.1, 0.15) is 73.6 Å². The summed E-state index contributed by atoms with van der Waals surface area (Å²) >= 11 is 0. The lowest BCUT2D eigenvalue weighted by Gasteiger charge is -2.38. The molecule has 0 heterocycles. The molecule has 1 atom stereocenters. The molecule has 0 aromatic carbocycles. The van der Waals surface area contributed by atoms with Gasteiger partial charge in [-0.1, -0.05) is 47.5 Å². The van der Waals surface area contributed by atoms with Crippen molar-refractivity contribution in [2.75, 3.05) is 0 Å². The summed E-state index contributed by atoms with van der Waals surface area (Å²) in [6.45, 7) is 13.4. The fourth-order valence-electron chi connectivity index (χ4n) is 2.39. The van der Waals surface area contributed by atoms with Gasteiger partial charge in [-0.05, 0) is 42.9 Å². The topological polar surface area (TPSA) is 23.8 Å². The Morgan fingerprint density at radius 1 is 1.00 bits per heavy atom. The van der Waals surface area contributed by atoms with Crippen molar-refractivity contribution in [2.45, 2.75) is 73.6 Å². The Kier molecular flexibility index (Phi) is 3.97. The van der Waals surface area contributed by atoms with Gasteiger partial charge in [-0.25, -0.2) is 0 Å². The van der Waals surface area contributed by atoms with E-state index in [-0.39, 0.29) is 10.8 Å². The van der Waals surface area contributed by atoms with Gasteiger partial charge in [-0.15, -0.1) is 0 Å². The second-order valence-corrected chi connectivity index (χ2v) is 8.01. The standard InChI is InChI=1S/C16H29N/c1-14(2,3)16(6,12-17)10-9-15(4,5)11-13-7-8-13/h13H,7-11H2,1-6H3. The Bertz CT molecular complexity index is 298. The van der Waals surface area contributed by atoms with E-state index in [1.165, 1.54) is 25.7 Å². The summed E-state index contributed by atoms with van der Waals surface area (Å²) in [7, 11) is 0. The van der Waals surface area contributed by atoms with E-state index in [9.17, 15) is 5.26 Å². The maximum Gasteiger partial charge on any atom is 0.0692 e. The number of nitriles is 1. The molecular formula is C16H29N. The number of hydrogen-bond acceptors (Lipinski definition) is 1. The van der Waals surface area contributed by atoms with Crippen molar-refractivity contribution in [1.82, 2.24) is 0 Å². The molecule has 0 N–H and O–H groups in total. The summed E-state index contributed by atoms with van der Waals surface area (Å²) in [5.41, 5.74) is 0.274. The van der Waals surface area contributed by atoms with E-state index in [0.29, 0.717) is 5.41 Å². The molecule has 0 radical (unpaired) electrons. The van der Waals surface area contributed by atoms with Crippen molar-refractivity contribution in [1.29, 1.82) is 5.26 Å². The van der Waals surface area contributed by atoms with Gasteiger partial charge in [0.2, 0.25) is 0 Å². The van der Waals surface area contributed by atoms with Crippen LogP contribution >= 0.6 is 0 Å². The second-order valence-electron chi connectivity index (χ2n) is 8.01. The third kappa shape index (κ3) is 4.02. The number of rotatable bonds is 5. The second kappa shape index (κ2) is 4.63. The highest BCUT2D eigenvalue weighted by molar-refractivity contribution is 5.03. The Morgan fingerprint density at radius 3 is 1.88 bits per heavy atom. The van der Waals surface area contributed by atoms with E-state index in [2.05, 4.69) is 47.6 Å². The normalized spacial score (nSPS) is 20.8. The summed E-state index contributed by atoms with van der Waals surface area (Å²) in [5, 5.41) is 9.46. The molecule has 1 fully saturated rings. The molecule has 1 unspecified atom stereocenters. The van der Waals surface area contributed by atoms with Gasteiger partial charge in [0.15, 0.2) is 0 Å². The Morgan fingerprint density at radius 2 is 1.53 bits per heavy atom. The lowest BCUT2D eigenvalue weighted by Crippen LogP contribution is -2.32. The predicted octanol–water partition coefficient (Wildman–Crippen LogP) is 5.17. The van der Waals surface area contributed by atoms with E-state index in [1.54, 1.807) is 0 Å². The van der Waals surface area contributed by atoms with Crippen LogP contribution in [0.4, 0.5) is 0 Å². The maximum absolute atomic E-state index is 9.46. The van der Waals surface area contributed by atoms with Gasteiger partial charge < -0.3 is 0 Å². The first-order chi connectivity index (χ1) is 7.60. The minimum Gasteiger partial charge on any atom is -0.198 e. The number of nitrogens with zero attached hydrogens (tertiary/aromatic N) is 1. The lowest BCUT2D eigenvalue weighted by molar-refractivity contribution is 0.133. The van der Waals surface area contributed by atoms with Gasteiger partial charge in [0.1, 0.15) is 0 Å². The molecule has 1 saturated carbocycles. The van der Waals surface area contributed by atoms with E-state index in [1.807, 2.05) is 0 Å². The van der Waals surface area contributed by atoms with Crippen LogP contribution in [-0.2, 0) is 0 Å². The van der Waals surface area contributed by atoms with Crippen molar-refractivity contribution >= 4 is 0 Å². The summed E-state index contributed by atoms with van der Waals surface area (Å²) in [5.74, 6) is 0.980. The molecule has 98 valence electrons.